The number of hydrogen-bond acceptors (Lipinski definition) is 4. The lowest BCUT2D eigenvalue weighted by Gasteiger charge is -2.11. The van der Waals surface area contributed by atoms with Crippen molar-refractivity contribution in [3.8, 4) is 11.5 Å². The van der Waals surface area contributed by atoms with Crippen LogP contribution in [0.25, 0.3) is 0 Å². The summed E-state index contributed by atoms with van der Waals surface area (Å²) in [6.45, 7) is 0. The number of ether oxygens (including phenoxy) is 2. The van der Waals surface area contributed by atoms with Crippen LogP contribution in [-0.4, -0.2) is 32.1 Å². The van der Waals surface area contributed by atoms with E-state index >= 15 is 0 Å². The minimum atomic E-state index is -0.182. The van der Waals surface area contributed by atoms with Gasteiger partial charge in [0.25, 0.3) is 5.91 Å². The fourth-order valence-electron chi connectivity index (χ4n) is 2.79. The Hall–Kier alpha value is -2.73. The standard InChI is InChI=1S/C21H23ClN2O4/c1-27-18-9-3-13(11-19(18)28-2)4-10-20(25)23-15-7-8-16(17(22)12-15)21(26)24-14-5-6-14/h3,7-9,11-12,14H,4-6,10H2,1-2H3,(H,23,25)(H,24,26). The molecule has 0 unspecified atom stereocenters. The third kappa shape index (κ3) is 5.16. The number of amides is 2. The maximum Gasteiger partial charge on any atom is 0.253 e. The first-order valence-corrected chi connectivity index (χ1v) is 9.49. The second kappa shape index (κ2) is 8.97. The molecule has 28 heavy (non-hydrogen) atoms. The Morgan fingerprint density at radius 2 is 1.82 bits per heavy atom. The smallest absolute Gasteiger partial charge is 0.253 e. The van der Waals surface area contributed by atoms with Crippen LogP contribution in [0.4, 0.5) is 5.69 Å². The van der Waals surface area contributed by atoms with Crippen molar-refractivity contribution in [2.75, 3.05) is 19.5 Å². The molecule has 6 nitrogen and oxygen atoms in total. The highest BCUT2D eigenvalue weighted by atomic mass is 35.5. The molecule has 2 amide bonds. The molecular formula is C21H23ClN2O4. The minimum absolute atomic E-state index is 0.138. The third-order valence-corrected chi connectivity index (χ3v) is 4.81. The highest BCUT2D eigenvalue weighted by molar-refractivity contribution is 6.34. The molecule has 2 N–H and O–H groups in total. The molecule has 148 valence electrons. The predicted octanol–water partition coefficient (Wildman–Crippen LogP) is 3.82. The number of nitrogens with one attached hydrogen (secondary N) is 2. The van der Waals surface area contributed by atoms with E-state index in [9.17, 15) is 9.59 Å². The molecule has 1 saturated carbocycles. The van der Waals surface area contributed by atoms with Gasteiger partial charge in [-0.2, -0.15) is 0 Å². The summed E-state index contributed by atoms with van der Waals surface area (Å²) in [5.41, 5.74) is 1.94. The van der Waals surface area contributed by atoms with Crippen molar-refractivity contribution in [2.24, 2.45) is 0 Å². The molecule has 0 atom stereocenters. The van der Waals surface area contributed by atoms with E-state index in [0.29, 0.717) is 40.6 Å². The lowest BCUT2D eigenvalue weighted by atomic mass is 10.1. The molecule has 0 spiro atoms. The molecule has 0 saturated heterocycles. The van der Waals surface area contributed by atoms with Crippen molar-refractivity contribution in [3.63, 3.8) is 0 Å². The van der Waals surface area contributed by atoms with E-state index in [0.717, 1.165) is 18.4 Å². The van der Waals surface area contributed by atoms with Gasteiger partial charge in [-0.3, -0.25) is 9.59 Å². The van der Waals surface area contributed by atoms with Gasteiger partial charge in [-0.25, -0.2) is 0 Å². The van der Waals surface area contributed by atoms with Crippen LogP contribution in [0.3, 0.4) is 0 Å². The van der Waals surface area contributed by atoms with Crippen molar-refractivity contribution in [3.05, 3.63) is 52.5 Å². The molecule has 0 heterocycles. The van der Waals surface area contributed by atoms with Crippen molar-refractivity contribution in [2.45, 2.75) is 31.7 Å². The van der Waals surface area contributed by atoms with Crippen LogP contribution in [-0.2, 0) is 11.2 Å². The summed E-state index contributed by atoms with van der Waals surface area (Å²) in [4.78, 5) is 24.4. The molecular weight excluding hydrogens is 380 g/mol. The monoisotopic (exact) mass is 402 g/mol. The molecule has 2 aromatic carbocycles. The number of anilines is 1. The Labute approximate surface area is 169 Å². The molecule has 7 heteroatoms. The van der Waals surface area contributed by atoms with Gasteiger partial charge in [0.15, 0.2) is 11.5 Å². The number of carbonyl (C=O) groups is 2. The van der Waals surface area contributed by atoms with Gasteiger partial charge in [0.2, 0.25) is 5.91 Å². The zero-order valence-electron chi connectivity index (χ0n) is 15.9. The third-order valence-electron chi connectivity index (χ3n) is 4.50. The van der Waals surface area contributed by atoms with Crippen LogP contribution in [0.5, 0.6) is 11.5 Å². The van der Waals surface area contributed by atoms with E-state index in [1.807, 2.05) is 18.2 Å². The Morgan fingerprint density at radius 3 is 2.46 bits per heavy atom. The van der Waals surface area contributed by atoms with Crippen molar-refractivity contribution in [1.29, 1.82) is 0 Å². The predicted molar refractivity (Wildman–Crippen MR) is 108 cm³/mol. The lowest BCUT2D eigenvalue weighted by Crippen LogP contribution is -2.25. The van der Waals surface area contributed by atoms with Gasteiger partial charge >= 0.3 is 0 Å². The van der Waals surface area contributed by atoms with Gasteiger partial charge in [0.05, 0.1) is 24.8 Å². The highest BCUT2D eigenvalue weighted by Crippen LogP contribution is 2.28. The second-order valence-electron chi connectivity index (χ2n) is 6.68. The molecule has 1 aliphatic rings. The average molecular weight is 403 g/mol. The molecule has 0 aromatic heterocycles. The van der Waals surface area contributed by atoms with E-state index in [-0.39, 0.29) is 17.9 Å². The fraction of sp³-hybridized carbons (Fsp3) is 0.333. The van der Waals surface area contributed by atoms with Gasteiger partial charge < -0.3 is 20.1 Å². The summed E-state index contributed by atoms with van der Waals surface area (Å²) < 4.78 is 10.5. The molecule has 1 aliphatic carbocycles. The molecule has 0 radical (unpaired) electrons. The maximum absolute atomic E-state index is 12.3. The topological polar surface area (TPSA) is 76.7 Å². The van der Waals surface area contributed by atoms with Crippen molar-refractivity contribution in [1.82, 2.24) is 5.32 Å². The first kappa shape index (κ1) is 20.0. The first-order valence-electron chi connectivity index (χ1n) is 9.11. The molecule has 2 aromatic rings. The normalized spacial score (nSPS) is 13.0. The van der Waals surface area contributed by atoms with Gasteiger partial charge in [-0.1, -0.05) is 17.7 Å². The number of halogens is 1. The Balaban J connectivity index is 1.56. The Bertz CT molecular complexity index is 881. The number of benzene rings is 2. The van der Waals surface area contributed by atoms with Gasteiger partial charge in [0.1, 0.15) is 0 Å². The van der Waals surface area contributed by atoms with Crippen LogP contribution in [0.15, 0.2) is 36.4 Å². The summed E-state index contributed by atoms with van der Waals surface area (Å²) in [6, 6.07) is 10.7. The zero-order valence-corrected chi connectivity index (χ0v) is 16.6. The first-order chi connectivity index (χ1) is 13.5. The van der Waals surface area contributed by atoms with Gasteiger partial charge in [-0.15, -0.1) is 0 Å². The van der Waals surface area contributed by atoms with Crippen LogP contribution in [0.2, 0.25) is 5.02 Å². The summed E-state index contributed by atoms with van der Waals surface area (Å²) in [5, 5.41) is 6.03. The average Bonchev–Trinajstić information content (AvgIpc) is 3.50. The quantitative estimate of drug-likeness (QED) is 0.703. The van der Waals surface area contributed by atoms with Crippen LogP contribution in [0, 0.1) is 0 Å². The van der Waals surface area contributed by atoms with E-state index in [2.05, 4.69) is 10.6 Å². The van der Waals surface area contributed by atoms with Gasteiger partial charge in [-0.05, 0) is 55.2 Å². The number of methoxy groups -OCH3 is 2. The number of hydrogen-bond donors (Lipinski definition) is 2. The molecule has 0 aliphatic heterocycles. The number of rotatable bonds is 8. The zero-order chi connectivity index (χ0) is 20.1. The van der Waals surface area contributed by atoms with E-state index < -0.39 is 0 Å². The van der Waals surface area contributed by atoms with Crippen molar-refractivity contribution >= 4 is 29.1 Å². The summed E-state index contributed by atoms with van der Waals surface area (Å²) in [6.07, 6.45) is 2.88. The largest absolute Gasteiger partial charge is 0.493 e. The summed E-state index contributed by atoms with van der Waals surface area (Å²) in [5.74, 6) is 0.961. The van der Waals surface area contributed by atoms with E-state index in [4.69, 9.17) is 21.1 Å². The molecule has 0 bridgehead atoms. The van der Waals surface area contributed by atoms with E-state index in [1.165, 1.54) is 0 Å². The van der Waals surface area contributed by atoms with Crippen LogP contribution < -0.4 is 20.1 Å². The Kier molecular flexibility index (Phi) is 6.41. The number of carbonyl (C=O) groups excluding carboxylic acids is 2. The molecule has 3 rings (SSSR count). The highest BCUT2D eigenvalue weighted by Gasteiger charge is 2.24. The van der Waals surface area contributed by atoms with Crippen molar-refractivity contribution < 1.29 is 19.1 Å². The minimum Gasteiger partial charge on any atom is -0.493 e. The number of aryl methyl sites for hydroxylation is 1. The van der Waals surface area contributed by atoms with Crippen LogP contribution in [0.1, 0.15) is 35.2 Å². The van der Waals surface area contributed by atoms with Crippen LogP contribution >= 0.6 is 11.6 Å². The molecule has 1 fully saturated rings. The van der Waals surface area contributed by atoms with E-state index in [1.54, 1.807) is 32.4 Å². The summed E-state index contributed by atoms with van der Waals surface area (Å²) >= 11 is 6.21. The Morgan fingerprint density at radius 1 is 1.07 bits per heavy atom. The second-order valence-corrected chi connectivity index (χ2v) is 7.09. The maximum atomic E-state index is 12.3. The fourth-order valence-corrected chi connectivity index (χ4v) is 3.05. The lowest BCUT2D eigenvalue weighted by molar-refractivity contribution is -0.116. The van der Waals surface area contributed by atoms with Gasteiger partial charge in [0, 0.05) is 18.2 Å². The summed E-state index contributed by atoms with van der Waals surface area (Å²) in [7, 11) is 3.16. The SMILES string of the molecule is COc1ccc(CCC(=O)Nc2ccc(C(=O)NC3CC3)c(Cl)c2)cc1OC.